The minimum atomic E-state index is -0.259. The number of nitrogens with zero attached hydrogens (tertiary/aromatic N) is 3. The van der Waals surface area contributed by atoms with Crippen LogP contribution in [0.25, 0.3) is 11.3 Å². The van der Waals surface area contributed by atoms with E-state index in [9.17, 15) is 4.79 Å². The van der Waals surface area contributed by atoms with Gasteiger partial charge in [0, 0.05) is 17.5 Å². The Hall–Kier alpha value is -3.53. The molecule has 4 aromatic rings. The Morgan fingerprint density at radius 2 is 1.54 bits per heavy atom. The molecule has 0 amide bonds. The lowest BCUT2D eigenvalue weighted by Gasteiger charge is -2.16. The molecule has 1 atom stereocenters. The molecule has 0 aliphatic heterocycles. The fraction of sp³-hybridized carbons (Fsp3) is 0.125. The molecule has 0 fully saturated rings. The zero-order valence-corrected chi connectivity index (χ0v) is 15.7. The fourth-order valence-corrected chi connectivity index (χ4v) is 3.21. The van der Waals surface area contributed by atoms with Crippen molar-refractivity contribution in [3.05, 3.63) is 108 Å². The molecule has 0 saturated carbocycles. The number of ketones is 1. The van der Waals surface area contributed by atoms with Crippen molar-refractivity contribution in [2.75, 3.05) is 0 Å². The van der Waals surface area contributed by atoms with Crippen LogP contribution < -0.4 is 0 Å². The molecule has 0 radical (unpaired) electrons. The van der Waals surface area contributed by atoms with Crippen molar-refractivity contribution in [3.8, 4) is 11.3 Å². The average Bonchev–Trinajstić information content (AvgIpc) is 3.24. The Kier molecular flexibility index (Phi) is 5.11. The van der Waals surface area contributed by atoms with Crippen LogP contribution in [0, 0.1) is 6.92 Å². The van der Waals surface area contributed by atoms with Gasteiger partial charge in [0.05, 0.1) is 6.20 Å². The summed E-state index contributed by atoms with van der Waals surface area (Å²) in [6.07, 6.45) is 2.06. The summed E-state index contributed by atoms with van der Waals surface area (Å²) >= 11 is 0. The summed E-state index contributed by atoms with van der Waals surface area (Å²) < 4.78 is 0. The SMILES string of the molecule is Cc1ccc(C(CC(=O)c2ccccc2)n2ncc(-c3ccccc3)n2)cc1. The zero-order chi connectivity index (χ0) is 19.3. The molecule has 0 saturated heterocycles. The van der Waals surface area contributed by atoms with Gasteiger partial charge in [-0.25, -0.2) is 0 Å². The maximum absolute atomic E-state index is 12.9. The molecule has 3 aromatic carbocycles. The normalized spacial score (nSPS) is 11.9. The Morgan fingerprint density at radius 1 is 0.893 bits per heavy atom. The van der Waals surface area contributed by atoms with Crippen molar-refractivity contribution in [2.45, 2.75) is 19.4 Å². The van der Waals surface area contributed by atoms with Crippen LogP contribution in [0.3, 0.4) is 0 Å². The van der Waals surface area contributed by atoms with Crippen LogP contribution in [0.15, 0.2) is 91.1 Å². The van der Waals surface area contributed by atoms with E-state index < -0.39 is 0 Å². The van der Waals surface area contributed by atoms with Gasteiger partial charge in [-0.15, -0.1) is 0 Å². The molecule has 1 aromatic heterocycles. The predicted octanol–water partition coefficient (Wildman–Crippen LogP) is 5.12. The lowest BCUT2D eigenvalue weighted by molar-refractivity contribution is 0.0964. The standard InChI is InChI=1S/C24H21N3O/c1-18-12-14-20(15-13-18)23(16-24(28)21-10-6-3-7-11-21)27-25-17-22(26-27)19-8-4-2-5-9-19/h2-15,17,23H,16H2,1H3. The molecular weight excluding hydrogens is 346 g/mol. The summed E-state index contributed by atoms with van der Waals surface area (Å²) in [5.41, 5.74) is 4.70. The Morgan fingerprint density at radius 3 is 2.21 bits per heavy atom. The number of aryl methyl sites for hydroxylation is 1. The number of hydrogen-bond acceptors (Lipinski definition) is 3. The van der Waals surface area contributed by atoms with Gasteiger partial charge in [0.2, 0.25) is 0 Å². The first-order valence-corrected chi connectivity index (χ1v) is 9.33. The van der Waals surface area contributed by atoms with Gasteiger partial charge < -0.3 is 0 Å². The number of Topliss-reactive ketones (excluding diaryl/α,β-unsaturated/α-hetero) is 1. The van der Waals surface area contributed by atoms with E-state index in [2.05, 4.69) is 22.3 Å². The summed E-state index contributed by atoms with van der Waals surface area (Å²) in [5.74, 6) is 0.0738. The second-order valence-electron chi connectivity index (χ2n) is 6.84. The highest BCUT2D eigenvalue weighted by Crippen LogP contribution is 2.25. The predicted molar refractivity (Wildman–Crippen MR) is 110 cm³/mol. The summed E-state index contributed by atoms with van der Waals surface area (Å²) in [5, 5.41) is 9.17. The van der Waals surface area contributed by atoms with Gasteiger partial charge in [-0.2, -0.15) is 15.0 Å². The van der Waals surface area contributed by atoms with Crippen molar-refractivity contribution in [1.82, 2.24) is 15.0 Å². The van der Waals surface area contributed by atoms with Crippen LogP contribution in [0.5, 0.6) is 0 Å². The van der Waals surface area contributed by atoms with Crippen LogP contribution in [-0.4, -0.2) is 20.8 Å². The molecule has 0 N–H and O–H groups in total. The zero-order valence-electron chi connectivity index (χ0n) is 15.7. The average molecular weight is 367 g/mol. The molecule has 1 heterocycles. The van der Waals surface area contributed by atoms with Crippen LogP contribution >= 0.6 is 0 Å². The lowest BCUT2D eigenvalue weighted by atomic mass is 9.97. The van der Waals surface area contributed by atoms with Crippen LogP contribution in [-0.2, 0) is 0 Å². The van der Waals surface area contributed by atoms with E-state index in [0.29, 0.717) is 12.0 Å². The van der Waals surface area contributed by atoms with Crippen LogP contribution in [0.4, 0.5) is 0 Å². The number of aromatic nitrogens is 3. The molecule has 0 spiro atoms. The van der Waals surface area contributed by atoms with Crippen molar-refractivity contribution in [2.24, 2.45) is 0 Å². The van der Waals surface area contributed by atoms with E-state index in [1.54, 1.807) is 11.0 Å². The van der Waals surface area contributed by atoms with E-state index in [1.165, 1.54) is 5.56 Å². The second-order valence-corrected chi connectivity index (χ2v) is 6.84. The molecule has 0 aliphatic rings. The molecule has 4 rings (SSSR count). The Bertz CT molecular complexity index is 1050. The van der Waals surface area contributed by atoms with Crippen molar-refractivity contribution in [3.63, 3.8) is 0 Å². The maximum atomic E-state index is 12.9. The van der Waals surface area contributed by atoms with Gasteiger partial charge in [-0.05, 0) is 12.5 Å². The Labute approximate surface area is 164 Å². The number of carbonyl (C=O) groups excluding carboxylic acids is 1. The van der Waals surface area contributed by atoms with E-state index >= 15 is 0 Å². The highest BCUT2D eigenvalue weighted by molar-refractivity contribution is 5.96. The van der Waals surface area contributed by atoms with Crippen molar-refractivity contribution in [1.29, 1.82) is 0 Å². The first-order valence-electron chi connectivity index (χ1n) is 9.33. The van der Waals surface area contributed by atoms with Gasteiger partial charge in [-0.3, -0.25) is 4.79 Å². The van der Waals surface area contributed by atoms with E-state index in [4.69, 9.17) is 0 Å². The van der Waals surface area contributed by atoms with E-state index in [-0.39, 0.29) is 11.8 Å². The first-order chi connectivity index (χ1) is 13.7. The number of carbonyl (C=O) groups is 1. The molecular formula is C24H21N3O. The third-order valence-corrected chi connectivity index (χ3v) is 4.79. The second kappa shape index (κ2) is 8.01. The minimum Gasteiger partial charge on any atom is -0.294 e. The van der Waals surface area contributed by atoms with Crippen molar-refractivity contribution >= 4 is 5.78 Å². The first kappa shape index (κ1) is 17.9. The van der Waals surface area contributed by atoms with E-state index in [0.717, 1.165) is 16.8 Å². The quantitative estimate of drug-likeness (QED) is 0.445. The summed E-state index contributed by atoms with van der Waals surface area (Å²) in [7, 11) is 0. The largest absolute Gasteiger partial charge is 0.294 e. The highest BCUT2D eigenvalue weighted by Gasteiger charge is 2.21. The molecule has 4 nitrogen and oxygen atoms in total. The monoisotopic (exact) mass is 367 g/mol. The molecule has 138 valence electrons. The number of benzene rings is 3. The lowest BCUT2D eigenvalue weighted by Crippen LogP contribution is -2.18. The smallest absolute Gasteiger partial charge is 0.165 e. The minimum absolute atomic E-state index is 0.0738. The maximum Gasteiger partial charge on any atom is 0.165 e. The van der Waals surface area contributed by atoms with Crippen LogP contribution in [0.1, 0.15) is 33.9 Å². The Balaban J connectivity index is 1.68. The number of rotatable bonds is 6. The third-order valence-electron chi connectivity index (χ3n) is 4.79. The van der Waals surface area contributed by atoms with Crippen molar-refractivity contribution < 1.29 is 4.79 Å². The van der Waals surface area contributed by atoms with Gasteiger partial charge in [0.25, 0.3) is 0 Å². The summed E-state index contributed by atoms with van der Waals surface area (Å²) in [6.45, 7) is 2.05. The van der Waals surface area contributed by atoms with Crippen LogP contribution in [0.2, 0.25) is 0 Å². The van der Waals surface area contributed by atoms with Gasteiger partial charge in [0.15, 0.2) is 5.78 Å². The van der Waals surface area contributed by atoms with Gasteiger partial charge in [-0.1, -0.05) is 90.5 Å². The van der Waals surface area contributed by atoms with Gasteiger partial charge in [0.1, 0.15) is 11.7 Å². The third kappa shape index (κ3) is 3.91. The molecule has 1 unspecified atom stereocenters. The summed E-state index contributed by atoms with van der Waals surface area (Å²) in [6, 6.07) is 27.2. The molecule has 4 heteroatoms. The highest BCUT2D eigenvalue weighted by atomic mass is 16.1. The molecule has 0 aliphatic carbocycles. The molecule has 28 heavy (non-hydrogen) atoms. The van der Waals surface area contributed by atoms with E-state index in [1.807, 2.05) is 79.7 Å². The topological polar surface area (TPSA) is 47.8 Å². The van der Waals surface area contributed by atoms with Gasteiger partial charge >= 0.3 is 0 Å². The fourth-order valence-electron chi connectivity index (χ4n) is 3.21. The summed E-state index contributed by atoms with van der Waals surface area (Å²) in [4.78, 5) is 14.5. The molecule has 0 bridgehead atoms. The number of hydrogen-bond donors (Lipinski definition) is 0.